The number of halogens is 1. The van der Waals surface area contributed by atoms with E-state index in [2.05, 4.69) is 43.8 Å². The first-order chi connectivity index (χ1) is 10.2. The molecule has 0 saturated heterocycles. The minimum Gasteiger partial charge on any atom is -0.367 e. The summed E-state index contributed by atoms with van der Waals surface area (Å²) in [5.41, 5.74) is 9.15. The number of anilines is 1. The van der Waals surface area contributed by atoms with Gasteiger partial charge in [-0.25, -0.2) is 0 Å². The lowest BCUT2D eigenvalue weighted by Gasteiger charge is -2.37. The quantitative estimate of drug-likeness (QED) is 0.922. The first kappa shape index (κ1) is 14.7. The molecule has 0 spiro atoms. The summed E-state index contributed by atoms with van der Waals surface area (Å²) in [5, 5.41) is 0. The molecule has 3 rings (SSSR count). The third-order valence-electron chi connectivity index (χ3n) is 4.36. The highest BCUT2D eigenvalue weighted by Crippen LogP contribution is 2.31. The Morgan fingerprint density at radius 2 is 2.05 bits per heavy atom. The highest BCUT2D eigenvalue weighted by atomic mass is 79.9. The van der Waals surface area contributed by atoms with Crippen LogP contribution in [0.5, 0.6) is 0 Å². The Kier molecular flexibility index (Phi) is 4.40. The van der Waals surface area contributed by atoms with E-state index in [1.165, 1.54) is 5.69 Å². The topological polar surface area (TPSA) is 55.0 Å². The summed E-state index contributed by atoms with van der Waals surface area (Å²) in [6, 6.07) is 5.05. The van der Waals surface area contributed by atoms with E-state index in [1.54, 1.807) is 0 Å². The normalized spacial score (nSPS) is 22.4. The van der Waals surface area contributed by atoms with Gasteiger partial charge in [0.2, 0.25) is 0 Å². The van der Waals surface area contributed by atoms with Crippen LogP contribution in [0.3, 0.4) is 0 Å². The molecule has 5 heteroatoms. The van der Waals surface area contributed by atoms with Crippen LogP contribution < -0.4 is 10.6 Å². The Morgan fingerprint density at radius 3 is 2.76 bits per heavy atom. The maximum absolute atomic E-state index is 6.04. The second kappa shape index (κ2) is 6.28. The summed E-state index contributed by atoms with van der Waals surface area (Å²) in [7, 11) is 0. The summed E-state index contributed by atoms with van der Waals surface area (Å²) in [6.07, 6.45) is 8.28. The molecule has 1 saturated carbocycles. The molecule has 0 radical (unpaired) electrons. The van der Waals surface area contributed by atoms with Crippen LogP contribution >= 0.6 is 15.9 Å². The molecule has 2 heterocycles. The van der Waals surface area contributed by atoms with Crippen molar-refractivity contribution in [3.63, 3.8) is 0 Å². The molecule has 0 unspecified atom stereocenters. The molecule has 1 fully saturated rings. The zero-order valence-corrected chi connectivity index (χ0v) is 13.9. The molecule has 0 bridgehead atoms. The minimum absolute atomic E-state index is 0.378. The summed E-state index contributed by atoms with van der Waals surface area (Å²) >= 11 is 3.46. The van der Waals surface area contributed by atoms with Crippen LogP contribution in [0.25, 0.3) is 11.0 Å². The fourth-order valence-electron chi connectivity index (χ4n) is 3.26. The lowest BCUT2D eigenvalue weighted by Crippen LogP contribution is -2.41. The van der Waals surface area contributed by atoms with Crippen LogP contribution in [-0.4, -0.2) is 28.6 Å². The lowest BCUT2D eigenvalue weighted by molar-refractivity contribution is 0.378. The van der Waals surface area contributed by atoms with Gasteiger partial charge >= 0.3 is 0 Å². The highest BCUT2D eigenvalue weighted by Gasteiger charge is 2.25. The van der Waals surface area contributed by atoms with Crippen LogP contribution in [0.2, 0.25) is 0 Å². The number of nitrogens with zero attached hydrogens (tertiary/aromatic N) is 3. The molecule has 1 aliphatic rings. The monoisotopic (exact) mass is 348 g/mol. The van der Waals surface area contributed by atoms with Gasteiger partial charge in [0.25, 0.3) is 0 Å². The smallest absolute Gasteiger partial charge is 0.112 e. The van der Waals surface area contributed by atoms with Crippen molar-refractivity contribution in [3.05, 3.63) is 29.0 Å². The van der Waals surface area contributed by atoms with Gasteiger partial charge in [0.05, 0.1) is 11.2 Å². The number of rotatable bonds is 3. The van der Waals surface area contributed by atoms with E-state index in [0.717, 1.165) is 47.7 Å². The number of aromatic nitrogens is 2. The van der Waals surface area contributed by atoms with E-state index in [-0.39, 0.29) is 0 Å². The van der Waals surface area contributed by atoms with Crippen LogP contribution in [-0.2, 0) is 0 Å². The molecule has 2 aromatic rings. The molecule has 0 aromatic carbocycles. The molecule has 0 aliphatic heterocycles. The highest BCUT2D eigenvalue weighted by molar-refractivity contribution is 9.10. The van der Waals surface area contributed by atoms with Crippen LogP contribution in [0.1, 0.15) is 32.6 Å². The van der Waals surface area contributed by atoms with E-state index in [0.29, 0.717) is 12.1 Å². The van der Waals surface area contributed by atoms with Crippen LogP contribution in [0, 0.1) is 0 Å². The summed E-state index contributed by atoms with van der Waals surface area (Å²) in [4.78, 5) is 11.5. The second-order valence-electron chi connectivity index (χ2n) is 5.71. The summed E-state index contributed by atoms with van der Waals surface area (Å²) in [6.45, 7) is 3.19. The van der Waals surface area contributed by atoms with Gasteiger partial charge in [0.1, 0.15) is 5.52 Å². The predicted molar refractivity (Wildman–Crippen MR) is 90.5 cm³/mol. The molecule has 0 amide bonds. The average Bonchev–Trinajstić information content (AvgIpc) is 2.49. The number of fused-ring (bicyclic) bond motifs is 1. The number of nitrogens with two attached hydrogens (primary N) is 1. The van der Waals surface area contributed by atoms with E-state index in [9.17, 15) is 0 Å². The maximum Gasteiger partial charge on any atom is 0.112 e. The Morgan fingerprint density at radius 1 is 1.29 bits per heavy atom. The minimum atomic E-state index is 0.378. The van der Waals surface area contributed by atoms with Crippen molar-refractivity contribution in [1.82, 2.24) is 9.97 Å². The molecule has 2 N–H and O–H groups in total. The van der Waals surface area contributed by atoms with Gasteiger partial charge in [-0.15, -0.1) is 0 Å². The van der Waals surface area contributed by atoms with Gasteiger partial charge < -0.3 is 10.6 Å². The molecule has 21 heavy (non-hydrogen) atoms. The molecular formula is C16H21BrN4. The molecule has 0 atom stereocenters. The van der Waals surface area contributed by atoms with Gasteiger partial charge in [-0.2, -0.15) is 0 Å². The SMILES string of the molecule is CCN(c1ccnc2cc(Br)cnc12)C1CCC(N)CC1. The van der Waals surface area contributed by atoms with Gasteiger partial charge in [0, 0.05) is 35.5 Å². The fourth-order valence-corrected chi connectivity index (χ4v) is 3.58. The van der Waals surface area contributed by atoms with Crippen molar-refractivity contribution in [3.8, 4) is 0 Å². The predicted octanol–water partition coefficient (Wildman–Crippen LogP) is 3.49. The van der Waals surface area contributed by atoms with Gasteiger partial charge in [0.15, 0.2) is 0 Å². The molecule has 1 aliphatic carbocycles. The first-order valence-corrected chi connectivity index (χ1v) is 8.41. The Hall–Kier alpha value is -1.20. The van der Waals surface area contributed by atoms with Crippen molar-refractivity contribution in [2.75, 3.05) is 11.4 Å². The summed E-state index contributed by atoms with van der Waals surface area (Å²) < 4.78 is 0.964. The van der Waals surface area contributed by atoms with E-state index < -0.39 is 0 Å². The number of hydrogen-bond acceptors (Lipinski definition) is 4. The average molecular weight is 349 g/mol. The zero-order chi connectivity index (χ0) is 14.8. The van der Waals surface area contributed by atoms with Crippen molar-refractivity contribution >= 4 is 32.7 Å². The zero-order valence-electron chi connectivity index (χ0n) is 12.3. The van der Waals surface area contributed by atoms with E-state index in [1.807, 2.05) is 18.5 Å². The molecule has 4 nitrogen and oxygen atoms in total. The Balaban J connectivity index is 1.97. The maximum atomic E-state index is 6.04. The fraction of sp³-hybridized carbons (Fsp3) is 0.500. The standard InChI is InChI=1S/C16H21BrN4/c1-2-21(13-5-3-12(18)4-6-13)15-7-8-19-14-9-11(17)10-20-16(14)15/h7-10,12-13H,2-6,18H2,1H3. The van der Waals surface area contributed by atoms with Crippen molar-refractivity contribution in [2.45, 2.75) is 44.7 Å². The van der Waals surface area contributed by atoms with Crippen LogP contribution in [0.15, 0.2) is 29.0 Å². The number of pyridine rings is 2. The third-order valence-corrected chi connectivity index (χ3v) is 4.79. The molecule has 112 valence electrons. The van der Waals surface area contributed by atoms with Gasteiger partial charge in [-0.1, -0.05) is 0 Å². The van der Waals surface area contributed by atoms with Gasteiger partial charge in [-0.3, -0.25) is 9.97 Å². The summed E-state index contributed by atoms with van der Waals surface area (Å²) in [5.74, 6) is 0. The van der Waals surface area contributed by atoms with Crippen molar-refractivity contribution in [1.29, 1.82) is 0 Å². The van der Waals surface area contributed by atoms with E-state index in [4.69, 9.17) is 5.73 Å². The second-order valence-corrected chi connectivity index (χ2v) is 6.62. The largest absolute Gasteiger partial charge is 0.367 e. The van der Waals surface area contributed by atoms with Crippen molar-refractivity contribution in [2.24, 2.45) is 5.73 Å². The number of hydrogen-bond donors (Lipinski definition) is 1. The van der Waals surface area contributed by atoms with E-state index >= 15 is 0 Å². The Bertz CT molecular complexity index is 623. The van der Waals surface area contributed by atoms with Crippen LogP contribution in [0.4, 0.5) is 5.69 Å². The molecule has 2 aromatic heterocycles. The lowest BCUT2D eigenvalue weighted by atomic mass is 9.90. The van der Waals surface area contributed by atoms with Gasteiger partial charge in [-0.05, 0) is 60.7 Å². The van der Waals surface area contributed by atoms with Crippen molar-refractivity contribution < 1.29 is 0 Å². The Labute approximate surface area is 133 Å². The molecular weight excluding hydrogens is 328 g/mol. The third kappa shape index (κ3) is 3.04. The first-order valence-electron chi connectivity index (χ1n) is 7.61.